The highest BCUT2D eigenvalue weighted by atomic mass is 15.1. The number of hydrogen-bond acceptors (Lipinski definition) is 2. The Bertz CT molecular complexity index is 1340. The number of fused-ring (bicyclic) bond motifs is 1. The third-order valence-electron chi connectivity index (χ3n) is 5.91. The average molecular weight is 415 g/mol. The van der Waals surface area contributed by atoms with Crippen molar-refractivity contribution >= 4 is 39.2 Å². The second kappa shape index (κ2) is 8.60. The minimum Gasteiger partial charge on any atom is -0.345 e. The first-order chi connectivity index (χ1) is 15.7. The molecule has 5 aromatic rings. The van der Waals surface area contributed by atoms with E-state index >= 15 is 0 Å². The van der Waals surface area contributed by atoms with E-state index in [1.165, 1.54) is 27.7 Å². The van der Waals surface area contributed by atoms with Crippen LogP contribution >= 0.6 is 0 Å². The van der Waals surface area contributed by atoms with Gasteiger partial charge in [0.2, 0.25) is 0 Å². The van der Waals surface area contributed by atoms with Gasteiger partial charge >= 0.3 is 0 Å². The quantitative estimate of drug-likeness (QED) is 0.285. The fraction of sp³-hybridized carbons (Fsp3) is 0.0667. The number of aryl methyl sites for hydroxylation is 1. The molecular formula is C30H26N2. The van der Waals surface area contributed by atoms with Crippen LogP contribution in [0, 0.1) is 6.92 Å². The molecule has 0 fully saturated rings. The molecule has 32 heavy (non-hydrogen) atoms. The maximum Gasteiger partial charge on any atom is 0.0540 e. The van der Waals surface area contributed by atoms with Gasteiger partial charge in [0.1, 0.15) is 0 Å². The molecule has 0 saturated heterocycles. The van der Waals surface area contributed by atoms with Gasteiger partial charge in [0.25, 0.3) is 0 Å². The summed E-state index contributed by atoms with van der Waals surface area (Å²) in [5.41, 5.74) is 7.06. The van der Waals surface area contributed by atoms with Crippen molar-refractivity contribution in [3.8, 4) is 0 Å². The molecule has 156 valence electrons. The van der Waals surface area contributed by atoms with Gasteiger partial charge in [-0.2, -0.15) is 0 Å². The highest BCUT2D eigenvalue weighted by Crippen LogP contribution is 2.39. The summed E-state index contributed by atoms with van der Waals surface area (Å²) in [6.45, 7) is 2.13. The van der Waals surface area contributed by atoms with Crippen molar-refractivity contribution in [2.45, 2.75) is 6.92 Å². The summed E-state index contributed by atoms with van der Waals surface area (Å²) in [6, 6.07) is 43.0. The normalized spacial score (nSPS) is 10.8. The van der Waals surface area contributed by atoms with E-state index in [2.05, 4.69) is 145 Å². The molecule has 5 rings (SSSR count). The van der Waals surface area contributed by atoms with Gasteiger partial charge in [-0.3, -0.25) is 0 Å². The highest BCUT2D eigenvalue weighted by molar-refractivity contribution is 5.98. The summed E-state index contributed by atoms with van der Waals surface area (Å²) >= 11 is 0. The number of nitrogens with zero attached hydrogens (tertiary/aromatic N) is 2. The van der Waals surface area contributed by atoms with Crippen molar-refractivity contribution < 1.29 is 0 Å². The van der Waals surface area contributed by atoms with E-state index < -0.39 is 0 Å². The fourth-order valence-electron chi connectivity index (χ4n) is 4.22. The lowest BCUT2D eigenvalue weighted by Gasteiger charge is -2.28. The molecular weight excluding hydrogens is 388 g/mol. The van der Waals surface area contributed by atoms with Crippen LogP contribution in [0.4, 0.5) is 28.4 Å². The zero-order chi connectivity index (χ0) is 21.9. The Kier molecular flexibility index (Phi) is 5.35. The van der Waals surface area contributed by atoms with Gasteiger partial charge < -0.3 is 9.80 Å². The predicted octanol–water partition coefficient (Wildman–Crippen LogP) is 8.39. The van der Waals surface area contributed by atoms with Crippen molar-refractivity contribution in [2.24, 2.45) is 0 Å². The van der Waals surface area contributed by atoms with Gasteiger partial charge in [0, 0.05) is 35.2 Å². The largest absolute Gasteiger partial charge is 0.345 e. The van der Waals surface area contributed by atoms with Crippen molar-refractivity contribution in [3.05, 3.63) is 127 Å². The molecule has 0 aliphatic rings. The van der Waals surface area contributed by atoms with E-state index in [-0.39, 0.29) is 0 Å². The first-order valence-electron chi connectivity index (χ1n) is 10.9. The van der Waals surface area contributed by atoms with E-state index in [1.807, 2.05) is 0 Å². The zero-order valence-corrected chi connectivity index (χ0v) is 18.4. The van der Waals surface area contributed by atoms with Crippen LogP contribution in [0.5, 0.6) is 0 Å². The lowest BCUT2D eigenvalue weighted by Crippen LogP contribution is -2.12. The van der Waals surface area contributed by atoms with Gasteiger partial charge in [0.05, 0.1) is 5.69 Å². The van der Waals surface area contributed by atoms with Crippen molar-refractivity contribution in [3.63, 3.8) is 0 Å². The lowest BCUT2D eigenvalue weighted by molar-refractivity contribution is 1.20. The molecule has 2 nitrogen and oxygen atoms in total. The molecule has 2 heteroatoms. The maximum atomic E-state index is 2.33. The Morgan fingerprint density at radius 3 is 1.88 bits per heavy atom. The van der Waals surface area contributed by atoms with E-state index in [0.717, 1.165) is 17.1 Å². The Hall–Kier alpha value is -4.04. The molecule has 0 amide bonds. The molecule has 0 saturated carbocycles. The Morgan fingerprint density at radius 2 is 1.09 bits per heavy atom. The SMILES string of the molecule is Cc1cccc(N(C)c2ccc(N(c3ccccc3)c3cccc4ccccc34)cc2)c1. The number of para-hydroxylation sites is 1. The van der Waals surface area contributed by atoms with Gasteiger partial charge in [-0.05, 0) is 72.5 Å². The van der Waals surface area contributed by atoms with Crippen LogP contribution in [0.25, 0.3) is 10.8 Å². The second-order valence-corrected chi connectivity index (χ2v) is 8.08. The van der Waals surface area contributed by atoms with Gasteiger partial charge in [-0.1, -0.05) is 66.7 Å². The number of rotatable bonds is 5. The smallest absolute Gasteiger partial charge is 0.0540 e. The standard InChI is InChI=1S/C30H26N2/c1-23-10-8-15-28(22-23)31(2)25-18-20-27(21-19-25)32(26-13-4-3-5-14-26)30-17-9-12-24-11-6-7-16-29(24)30/h3-22H,1-2H3. The first-order valence-corrected chi connectivity index (χ1v) is 10.9. The van der Waals surface area contributed by atoms with Gasteiger partial charge in [-0.25, -0.2) is 0 Å². The first kappa shape index (κ1) is 19.9. The monoisotopic (exact) mass is 414 g/mol. The number of anilines is 5. The molecule has 0 aliphatic heterocycles. The molecule has 0 aliphatic carbocycles. The van der Waals surface area contributed by atoms with Crippen LogP contribution < -0.4 is 9.80 Å². The third-order valence-corrected chi connectivity index (χ3v) is 5.91. The predicted molar refractivity (Wildman–Crippen MR) is 138 cm³/mol. The summed E-state index contributed by atoms with van der Waals surface area (Å²) < 4.78 is 0. The molecule has 0 bridgehead atoms. The third kappa shape index (κ3) is 3.83. The average Bonchev–Trinajstić information content (AvgIpc) is 2.85. The summed E-state index contributed by atoms with van der Waals surface area (Å²) in [6.07, 6.45) is 0. The van der Waals surface area contributed by atoms with E-state index in [0.29, 0.717) is 0 Å². The maximum absolute atomic E-state index is 2.33. The Morgan fingerprint density at radius 1 is 0.500 bits per heavy atom. The number of benzene rings is 5. The summed E-state index contributed by atoms with van der Waals surface area (Å²) in [4.78, 5) is 4.56. The van der Waals surface area contributed by atoms with Gasteiger partial charge in [0.15, 0.2) is 0 Å². The minimum atomic E-state index is 1.13. The van der Waals surface area contributed by atoms with Crippen LogP contribution in [0.2, 0.25) is 0 Å². The minimum absolute atomic E-state index is 1.13. The molecule has 0 N–H and O–H groups in total. The molecule has 0 aromatic heterocycles. The van der Waals surface area contributed by atoms with Crippen LogP contribution in [0.15, 0.2) is 121 Å². The fourth-order valence-corrected chi connectivity index (χ4v) is 4.22. The summed E-state index contributed by atoms with van der Waals surface area (Å²) in [5, 5.41) is 2.47. The van der Waals surface area contributed by atoms with Crippen LogP contribution in [0.1, 0.15) is 5.56 Å². The molecule has 5 aromatic carbocycles. The number of hydrogen-bond donors (Lipinski definition) is 0. The van der Waals surface area contributed by atoms with E-state index in [4.69, 9.17) is 0 Å². The van der Waals surface area contributed by atoms with Crippen LogP contribution in [0.3, 0.4) is 0 Å². The van der Waals surface area contributed by atoms with Gasteiger partial charge in [-0.15, -0.1) is 0 Å². The zero-order valence-electron chi connectivity index (χ0n) is 18.4. The lowest BCUT2D eigenvalue weighted by atomic mass is 10.1. The molecule has 0 radical (unpaired) electrons. The highest BCUT2D eigenvalue weighted by Gasteiger charge is 2.15. The molecule has 0 atom stereocenters. The van der Waals surface area contributed by atoms with Crippen LogP contribution in [-0.4, -0.2) is 7.05 Å². The summed E-state index contributed by atoms with van der Waals surface area (Å²) in [5.74, 6) is 0. The Balaban J connectivity index is 1.58. The van der Waals surface area contributed by atoms with Crippen molar-refractivity contribution in [1.29, 1.82) is 0 Å². The van der Waals surface area contributed by atoms with E-state index in [9.17, 15) is 0 Å². The second-order valence-electron chi connectivity index (χ2n) is 8.08. The van der Waals surface area contributed by atoms with Crippen LogP contribution in [-0.2, 0) is 0 Å². The molecule has 0 unspecified atom stereocenters. The topological polar surface area (TPSA) is 6.48 Å². The Labute approximate surface area is 190 Å². The van der Waals surface area contributed by atoms with E-state index in [1.54, 1.807) is 0 Å². The molecule has 0 heterocycles. The summed E-state index contributed by atoms with van der Waals surface area (Å²) in [7, 11) is 2.11. The van der Waals surface area contributed by atoms with Crippen molar-refractivity contribution in [1.82, 2.24) is 0 Å². The van der Waals surface area contributed by atoms with Crippen molar-refractivity contribution in [2.75, 3.05) is 16.8 Å². The molecule has 0 spiro atoms.